The quantitative estimate of drug-likeness (QED) is 0.113. The first-order valence-electron chi connectivity index (χ1n) is 24.2. The first kappa shape index (κ1) is 45.6. The second-order valence-corrected chi connectivity index (χ2v) is 43.2. The number of hydrogen-bond donors (Lipinski definition) is 0. The van der Waals surface area contributed by atoms with Crippen LogP contribution < -0.4 is 13.6 Å². The molecule has 2 atom stereocenters. The van der Waals surface area contributed by atoms with Crippen molar-refractivity contribution < 1.29 is 16.4 Å². The first-order chi connectivity index (χ1) is 30.5. The fourth-order valence-electron chi connectivity index (χ4n) is 11.9. The van der Waals surface area contributed by atoms with Gasteiger partial charge in [0.1, 0.15) is 0 Å². The van der Waals surface area contributed by atoms with E-state index in [9.17, 15) is 17.0 Å². The fraction of sp³-hybridized carbons (Fsp3) is 0.333. The molecule has 4 heteroatoms. The summed E-state index contributed by atoms with van der Waals surface area (Å²) in [6, 6.07) is 40.4. The predicted molar refractivity (Wildman–Crippen MR) is 283 cm³/mol. The molecule has 6 aromatic rings. The van der Waals surface area contributed by atoms with E-state index < -0.39 is 25.9 Å². The molecule has 2 unspecified atom stereocenters. The monoisotopic (exact) mass is 975 g/mol. The van der Waals surface area contributed by atoms with Crippen molar-refractivity contribution >= 4 is 52.3 Å². The molecule has 0 radical (unpaired) electrons. The van der Waals surface area contributed by atoms with Crippen molar-refractivity contribution in [1.82, 2.24) is 0 Å². The van der Waals surface area contributed by atoms with Gasteiger partial charge < -0.3 is 0 Å². The van der Waals surface area contributed by atoms with Gasteiger partial charge in [-0.05, 0) is 0 Å². The molecule has 0 aromatic heterocycles. The van der Waals surface area contributed by atoms with Crippen LogP contribution in [0.3, 0.4) is 0 Å². The van der Waals surface area contributed by atoms with E-state index >= 15 is 0 Å². The van der Waals surface area contributed by atoms with E-state index in [2.05, 4.69) is 198 Å². The van der Waals surface area contributed by atoms with Gasteiger partial charge in [0.25, 0.3) is 0 Å². The number of benzene rings is 6. The first-order valence-corrected chi connectivity index (χ1v) is 36.0. The third kappa shape index (κ3) is 7.23. The molecule has 1 heterocycles. The van der Waals surface area contributed by atoms with Gasteiger partial charge in [0, 0.05) is 0 Å². The zero-order valence-corrected chi connectivity index (χ0v) is 45.7. The van der Waals surface area contributed by atoms with Gasteiger partial charge in [0.2, 0.25) is 0 Å². The van der Waals surface area contributed by atoms with Crippen LogP contribution in [0.4, 0.5) is 0 Å². The van der Waals surface area contributed by atoms with Gasteiger partial charge >= 0.3 is 399 Å². The second kappa shape index (κ2) is 17.0. The standard InChI is InChI=1S/2C24H29.C12H9Si.2ClH.Zr/c2*1-7-18-10-19-9-8-17(6)24(23(19)11-18)22-13-20(15(2)3)12-21(14-22)16(4)5;1-3-7-11-9(5-1)10-6-2-4-8-12(10)13-11;;;/h2*8-16H,7H2,1-6H3;1-7H,13H2;2*1H;/q;;;;;+2/p-2. The molecule has 2 aliphatic carbocycles. The van der Waals surface area contributed by atoms with Crippen LogP contribution in [0.2, 0.25) is 0 Å². The van der Waals surface area contributed by atoms with Gasteiger partial charge in [-0.3, -0.25) is 0 Å². The third-order valence-corrected chi connectivity index (χ3v) is 38.2. The number of rotatable bonds is 11. The number of halogens is 2. The van der Waals surface area contributed by atoms with Crippen LogP contribution in [0, 0.1) is 13.8 Å². The Hall–Kier alpha value is -3.52. The zero-order chi connectivity index (χ0) is 45.6. The number of hydrogen-bond acceptors (Lipinski definition) is 0. The van der Waals surface area contributed by atoms with Gasteiger partial charge in [0.05, 0.1) is 0 Å². The van der Waals surface area contributed by atoms with Crippen molar-refractivity contribution in [3.05, 3.63) is 170 Å². The fourth-order valence-corrected chi connectivity index (χ4v) is 40.2. The van der Waals surface area contributed by atoms with Crippen LogP contribution in [0.1, 0.15) is 169 Å². The Labute approximate surface area is 395 Å². The molecule has 329 valence electrons. The summed E-state index contributed by atoms with van der Waals surface area (Å²) in [7, 11) is 18.0. The maximum absolute atomic E-state index is 9.42. The van der Waals surface area contributed by atoms with Crippen molar-refractivity contribution in [2.24, 2.45) is 0 Å². The molecule has 0 fully saturated rings. The van der Waals surface area contributed by atoms with E-state index in [1.807, 2.05) is 0 Å². The van der Waals surface area contributed by atoms with Crippen LogP contribution in [-0.2, 0) is 16.4 Å². The maximum atomic E-state index is 9.42. The Morgan fingerprint density at radius 3 is 1.36 bits per heavy atom. The molecule has 3 aliphatic rings. The summed E-state index contributed by atoms with van der Waals surface area (Å²) in [6.45, 7) is 27.8. The van der Waals surface area contributed by atoms with Crippen LogP contribution in [0.15, 0.2) is 114 Å². The summed E-state index contributed by atoms with van der Waals surface area (Å²) in [5.74, 6) is 1.70. The number of fused-ring (bicyclic) bond motifs is 5. The van der Waals surface area contributed by atoms with Crippen molar-refractivity contribution in [2.45, 2.75) is 127 Å². The SMILES string of the molecule is CCC1=Cc2c(ccc(C)c2-c2cc(C(C)C)cc(C(C)C)c2)[CH]1[Zr]([Cl])([Cl])([c]1cccc2c1[SiH2]c1ccccc1-2)[CH]1C(CC)=Cc2c1ccc(C)c2-c1cc(C(C)C)cc(C(C)C)c1. The average Bonchev–Trinajstić information content (AvgIpc) is 3.98. The molecular weight excluding hydrogens is 911 g/mol. The van der Waals surface area contributed by atoms with Gasteiger partial charge in [-0.25, -0.2) is 0 Å². The normalized spacial score (nSPS) is 17.5. The molecule has 0 amide bonds. The van der Waals surface area contributed by atoms with E-state index in [0.29, 0.717) is 23.7 Å². The Bertz CT molecular complexity index is 2720. The van der Waals surface area contributed by atoms with Crippen LogP contribution in [0.25, 0.3) is 45.5 Å². The Balaban J connectivity index is 1.36. The Morgan fingerprint density at radius 2 is 0.938 bits per heavy atom. The minimum atomic E-state index is -5.66. The van der Waals surface area contributed by atoms with Gasteiger partial charge in [-0.2, -0.15) is 0 Å². The van der Waals surface area contributed by atoms with E-state index in [1.54, 1.807) is 0 Å². The van der Waals surface area contributed by atoms with E-state index in [-0.39, 0.29) is 7.25 Å². The molecule has 0 saturated heterocycles. The topological polar surface area (TPSA) is 0 Å². The van der Waals surface area contributed by atoms with E-state index in [4.69, 9.17) is 0 Å². The van der Waals surface area contributed by atoms with E-state index in [0.717, 1.165) is 12.8 Å². The predicted octanol–water partition coefficient (Wildman–Crippen LogP) is 16.0. The molecule has 9 rings (SSSR count). The van der Waals surface area contributed by atoms with Gasteiger partial charge in [-0.1, -0.05) is 0 Å². The van der Waals surface area contributed by atoms with E-state index in [1.165, 1.54) is 114 Å². The van der Waals surface area contributed by atoms with Crippen molar-refractivity contribution in [3.8, 4) is 33.4 Å². The summed E-state index contributed by atoms with van der Waals surface area (Å²) in [6.07, 6.45) is 6.87. The summed E-state index contributed by atoms with van der Waals surface area (Å²) in [5, 5.41) is 2.98. The molecule has 0 saturated carbocycles. The van der Waals surface area contributed by atoms with Crippen molar-refractivity contribution in [1.29, 1.82) is 0 Å². The molecular formula is C60H67Cl2SiZr. The Morgan fingerprint density at radius 1 is 0.516 bits per heavy atom. The van der Waals surface area contributed by atoms with Crippen LogP contribution in [0.5, 0.6) is 0 Å². The molecule has 0 bridgehead atoms. The second-order valence-electron chi connectivity index (χ2n) is 20.7. The molecule has 0 spiro atoms. The number of aryl methyl sites for hydroxylation is 2. The van der Waals surface area contributed by atoms with Crippen LogP contribution >= 0.6 is 17.0 Å². The average molecular weight is 978 g/mol. The summed E-state index contributed by atoms with van der Waals surface area (Å²) >= 11 is -5.66. The van der Waals surface area contributed by atoms with Crippen LogP contribution in [-0.4, -0.2) is 9.52 Å². The summed E-state index contributed by atoms with van der Waals surface area (Å²) in [4.78, 5) is 0. The van der Waals surface area contributed by atoms with Crippen molar-refractivity contribution in [2.75, 3.05) is 0 Å². The third-order valence-electron chi connectivity index (χ3n) is 15.4. The van der Waals surface area contributed by atoms with Crippen molar-refractivity contribution in [3.63, 3.8) is 0 Å². The molecule has 0 nitrogen and oxygen atoms in total. The molecule has 64 heavy (non-hydrogen) atoms. The van der Waals surface area contributed by atoms with Gasteiger partial charge in [-0.15, -0.1) is 0 Å². The summed E-state index contributed by atoms with van der Waals surface area (Å²) in [5.41, 5.74) is 24.3. The summed E-state index contributed by atoms with van der Waals surface area (Å²) < 4.78 is 1.11. The minimum absolute atomic E-state index is 0.0985. The zero-order valence-electron chi connectivity index (χ0n) is 40.3. The molecule has 1 aliphatic heterocycles. The molecule has 6 aromatic carbocycles. The Kier molecular flexibility index (Phi) is 12.1. The number of allylic oxidation sites excluding steroid dienone is 2. The molecule has 0 N–H and O–H groups in total. The van der Waals surface area contributed by atoms with Gasteiger partial charge in [0.15, 0.2) is 0 Å².